The van der Waals surface area contributed by atoms with Gasteiger partial charge < -0.3 is 0 Å². The van der Waals surface area contributed by atoms with Crippen LogP contribution < -0.4 is 11.3 Å². The predicted octanol–water partition coefficient (Wildman–Crippen LogP) is 3.20. The molecule has 18 heavy (non-hydrogen) atoms. The average molecular weight is 285 g/mol. The van der Waals surface area contributed by atoms with E-state index in [4.69, 9.17) is 17.4 Å². The van der Waals surface area contributed by atoms with Gasteiger partial charge >= 0.3 is 6.18 Å². The second-order valence-corrected chi connectivity index (χ2v) is 4.39. The zero-order valence-corrected chi connectivity index (χ0v) is 10.2. The molecule has 0 saturated carbocycles. The van der Waals surface area contributed by atoms with Gasteiger partial charge in [0.05, 0.1) is 0 Å². The summed E-state index contributed by atoms with van der Waals surface area (Å²) >= 11 is 5.69. The molecule has 7 heteroatoms. The second-order valence-electron chi connectivity index (χ2n) is 3.96. The van der Waals surface area contributed by atoms with Crippen LogP contribution in [0.25, 0.3) is 0 Å². The van der Waals surface area contributed by atoms with Gasteiger partial charge in [0, 0.05) is 17.5 Å². The highest BCUT2D eigenvalue weighted by Gasteiger charge is 2.28. The number of hydrogen-bond acceptors (Lipinski definition) is 2. The fourth-order valence-electron chi connectivity index (χ4n) is 1.55. The van der Waals surface area contributed by atoms with Crippen LogP contribution >= 0.6 is 11.6 Å². The third kappa shape index (κ3) is 5.20. The molecule has 1 aromatic carbocycles. The minimum Gasteiger partial charge on any atom is -0.271 e. The maximum Gasteiger partial charge on any atom is 0.389 e. The number of nitrogens with two attached hydrogens (primary N) is 1. The lowest BCUT2D eigenvalue weighted by atomic mass is 10.0. The van der Waals surface area contributed by atoms with Crippen LogP contribution in [0.3, 0.4) is 0 Å². The molecule has 0 fully saturated rings. The van der Waals surface area contributed by atoms with E-state index in [1.165, 1.54) is 18.2 Å². The largest absolute Gasteiger partial charge is 0.389 e. The lowest BCUT2D eigenvalue weighted by molar-refractivity contribution is -0.136. The summed E-state index contributed by atoms with van der Waals surface area (Å²) in [6, 6.07) is 3.28. The van der Waals surface area contributed by atoms with Crippen molar-refractivity contribution in [3.63, 3.8) is 0 Å². The Kier molecular flexibility index (Phi) is 5.37. The molecule has 0 aliphatic rings. The molecule has 0 aromatic heterocycles. The van der Waals surface area contributed by atoms with Gasteiger partial charge in [-0.1, -0.05) is 11.6 Å². The summed E-state index contributed by atoms with van der Waals surface area (Å²) in [5.74, 6) is 4.66. The Morgan fingerprint density at radius 1 is 1.33 bits per heavy atom. The topological polar surface area (TPSA) is 38.0 Å². The van der Waals surface area contributed by atoms with Crippen LogP contribution in [0, 0.1) is 5.82 Å². The van der Waals surface area contributed by atoms with E-state index < -0.39 is 24.5 Å². The van der Waals surface area contributed by atoms with Crippen molar-refractivity contribution in [1.82, 2.24) is 5.43 Å². The molecule has 0 spiro atoms. The van der Waals surface area contributed by atoms with E-state index in [-0.39, 0.29) is 18.4 Å². The Morgan fingerprint density at radius 2 is 2.00 bits per heavy atom. The number of nitrogens with one attached hydrogen (secondary N) is 1. The van der Waals surface area contributed by atoms with Gasteiger partial charge in [-0.25, -0.2) is 4.39 Å². The monoisotopic (exact) mass is 284 g/mol. The van der Waals surface area contributed by atoms with E-state index in [1.54, 1.807) is 0 Å². The van der Waals surface area contributed by atoms with Gasteiger partial charge in [-0.2, -0.15) is 13.2 Å². The Bertz CT molecular complexity index is 395. The van der Waals surface area contributed by atoms with Crippen LogP contribution in [0.2, 0.25) is 5.02 Å². The van der Waals surface area contributed by atoms with Crippen molar-refractivity contribution in [2.24, 2.45) is 5.84 Å². The van der Waals surface area contributed by atoms with Crippen molar-refractivity contribution >= 4 is 11.6 Å². The van der Waals surface area contributed by atoms with Crippen LogP contribution in [0.4, 0.5) is 17.6 Å². The van der Waals surface area contributed by atoms with Crippen molar-refractivity contribution in [3.8, 4) is 0 Å². The van der Waals surface area contributed by atoms with Crippen molar-refractivity contribution in [3.05, 3.63) is 34.6 Å². The average Bonchev–Trinajstić information content (AvgIpc) is 2.27. The zero-order valence-electron chi connectivity index (χ0n) is 9.40. The molecule has 1 unspecified atom stereocenters. The number of halogens is 5. The van der Waals surface area contributed by atoms with Gasteiger partial charge in [0.15, 0.2) is 0 Å². The van der Waals surface area contributed by atoms with E-state index in [2.05, 4.69) is 5.43 Å². The Morgan fingerprint density at radius 3 is 2.56 bits per heavy atom. The molecule has 3 N–H and O–H groups in total. The summed E-state index contributed by atoms with van der Waals surface area (Å²) in [7, 11) is 0. The zero-order chi connectivity index (χ0) is 13.8. The van der Waals surface area contributed by atoms with E-state index in [0.717, 1.165) is 0 Å². The van der Waals surface area contributed by atoms with Gasteiger partial charge in [0.1, 0.15) is 5.82 Å². The summed E-state index contributed by atoms with van der Waals surface area (Å²) in [6.07, 6.45) is -5.38. The van der Waals surface area contributed by atoms with Crippen LogP contribution in [0.15, 0.2) is 18.2 Å². The first kappa shape index (κ1) is 15.2. The van der Waals surface area contributed by atoms with Crippen LogP contribution in [-0.4, -0.2) is 12.2 Å². The van der Waals surface area contributed by atoms with Crippen LogP contribution in [-0.2, 0) is 6.42 Å². The Balaban J connectivity index is 2.65. The maximum absolute atomic E-state index is 13.4. The maximum atomic E-state index is 13.4. The van der Waals surface area contributed by atoms with Gasteiger partial charge in [0.2, 0.25) is 0 Å². The SMILES string of the molecule is NNC(CCC(F)(F)F)Cc1cc(Cl)ccc1F. The molecule has 0 bridgehead atoms. The Labute approximate surface area is 107 Å². The van der Waals surface area contributed by atoms with Gasteiger partial charge in [-0.05, 0) is 36.6 Å². The van der Waals surface area contributed by atoms with Crippen molar-refractivity contribution in [1.29, 1.82) is 0 Å². The first-order chi connectivity index (χ1) is 8.31. The molecule has 0 aliphatic carbocycles. The molecule has 0 saturated heterocycles. The Hall–Kier alpha value is -0.850. The van der Waals surface area contributed by atoms with E-state index in [9.17, 15) is 17.6 Å². The predicted molar refractivity (Wildman–Crippen MR) is 61.5 cm³/mol. The summed E-state index contributed by atoms with van der Waals surface area (Å²) in [5, 5.41) is 0.331. The summed E-state index contributed by atoms with van der Waals surface area (Å²) in [5.41, 5.74) is 2.50. The molecule has 1 atom stereocenters. The lowest BCUT2D eigenvalue weighted by Gasteiger charge is -2.17. The number of benzene rings is 1. The number of rotatable bonds is 5. The molecule has 0 radical (unpaired) electrons. The molecule has 1 rings (SSSR count). The van der Waals surface area contributed by atoms with Crippen molar-refractivity contribution in [2.45, 2.75) is 31.5 Å². The normalized spacial score (nSPS) is 13.7. The molecule has 1 aromatic rings. The molecule has 0 heterocycles. The minimum atomic E-state index is -4.25. The van der Waals surface area contributed by atoms with E-state index in [1.807, 2.05) is 0 Å². The molecular formula is C11H13ClF4N2. The van der Waals surface area contributed by atoms with Crippen LogP contribution in [0.1, 0.15) is 18.4 Å². The fourth-order valence-corrected chi connectivity index (χ4v) is 1.74. The molecule has 0 amide bonds. The highest BCUT2D eigenvalue weighted by atomic mass is 35.5. The van der Waals surface area contributed by atoms with E-state index in [0.29, 0.717) is 5.02 Å². The van der Waals surface area contributed by atoms with Crippen molar-refractivity contribution in [2.75, 3.05) is 0 Å². The van der Waals surface area contributed by atoms with Gasteiger partial charge in [-0.15, -0.1) is 0 Å². The summed E-state index contributed by atoms with van der Waals surface area (Å²) in [6.45, 7) is 0. The number of hydrogen-bond donors (Lipinski definition) is 2. The third-order valence-corrected chi connectivity index (χ3v) is 2.72. The highest BCUT2D eigenvalue weighted by Crippen LogP contribution is 2.24. The molecule has 102 valence electrons. The lowest BCUT2D eigenvalue weighted by Crippen LogP contribution is -2.37. The molecule has 0 aliphatic heterocycles. The fraction of sp³-hybridized carbons (Fsp3) is 0.455. The van der Waals surface area contributed by atoms with Gasteiger partial charge in [-0.3, -0.25) is 11.3 Å². The standard InChI is InChI=1S/C11H13ClF4N2/c12-8-1-2-10(13)7(5-8)6-9(18-17)3-4-11(14,15)16/h1-2,5,9,18H,3-4,6,17H2. The third-order valence-electron chi connectivity index (χ3n) is 2.49. The smallest absolute Gasteiger partial charge is 0.271 e. The quantitative estimate of drug-likeness (QED) is 0.495. The van der Waals surface area contributed by atoms with Crippen LogP contribution in [0.5, 0.6) is 0 Å². The number of hydrazine groups is 1. The second kappa shape index (κ2) is 6.36. The van der Waals surface area contributed by atoms with E-state index >= 15 is 0 Å². The van der Waals surface area contributed by atoms with Gasteiger partial charge in [0.25, 0.3) is 0 Å². The molecular weight excluding hydrogens is 272 g/mol. The summed E-state index contributed by atoms with van der Waals surface area (Å²) in [4.78, 5) is 0. The highest BCUT2D eigenvalue weighted by molar-refractivity contribution is 6.30. The number of alkyl halides is 3. The first-order valence-corrected chi connectivity index (χ1v) is 5.66. The minimum absolute atomic E-state index is 0.0545. The first-order valence-electron chi connectivity index (χ1n) is 5.28. The summed E-state index contributed by atoms with van der Waals surface area (Å²) < 4.78 is 49.6. The molecule has 2 nitrogen and oxygen atoms in total. The van der Waals surface area contributed by atoms with Crippen molar-refractivity contribution < 1.29 is 17.6 Å².